The van der Waals surface area contributed by atoms with Crippen molar-refractivity contribution in [3.05, 3.63) is 36.0 Å². The van der Waals surface area contributed by atoms with Crippen LogP contribution in [0.15, 0.2) is 24.8 Å². The Morgan fingerprint density at radius 2 is 2.12 bits per heavy atom. The summed E-state index contributed by atoms with van der Waals surface area (Å²) >= 11 is 0. The van der Waals surface area contributed by atoms with Crippen LogP contribution in [0.1, 0.15) is 29.9 Å². The number of fused-ring (bicyclic) bond motifs is 1. The second-order valence-corrected chi connectivity index (χ2v) is 7.10. The average Bonchev–Trinajstić information content (AvgIpc) is 3.13. The molecule has 1 atom stereocenters. The molecule has 0 unspecified atom stereocenters. The van der Waals surface area contributed by atoms with Gasteiger partial charge in [-0.15, -0.1) is 0 Å². The highest BCUT2D eigenvalue weighted by atomic mass is 16.5. The van der Waals surface area contributed by atoms with Gasteiger partial charge in [-0.2, -0.15) is 4.98 Å². The number of imidazole rings is 1. The van der Waals surface area contributed by atoms with Crippen molar-refractivity contribution in [2.24, 2.45) is 0 Å². The van der Waals surface area contributed by atoms with Crippen LogP contribution in [0.5, 0.6) is 5.88 Å². The summed E-state index contributed by atoms with van der Waals surface area (Å²) in [5.74, 6) is 1.51. The van der Waals surface area contributed by atoms with E-state index in [0.29, 0.717) is 29.8 Å². The first-order valence-electron chi connectivity index (χ1n) is 10.1. The summed E-state index contributed by atoms with van der Waals surface area (Å²) in [6.07, 6.45) is 6.70. The zero-order chi connectivity index (χ0) is 23.1. The number of anilines is 2. The Hall–Kier alpha value is -3.80. The van der Waals surface area contributed by atoms with E-state index in [9.17, 15) is 4.79 Å². The zero-order valence-corrected chi connectivity index (χ0v) is 18.1. The molecule has 0 radical (unpaired) electrons. The van der Waals surface area contributed by atoms with Crippen LogP contribution < -0.4 is 20.3 Å². The summed E-state index contributed by atoms with van der Waals surface area (Å²) in [6.45, 7) is 8.63. The van der Waals surface area contributed by atoms with Crippen molar-refractivity contribution in [1.29, 1.82) is 0 Å². The van der Waals surface area contributed by atoms with Gasteiger partial charge in [0.1, 0.15) is 11.4 Å². The van der Waals surface area contributed by atoms with Crippen LogP contribution in [0.2, 0.25) is 0 Å². The van der Waals surface area contributed by atoms with Crippen molar-refractivity contribution in [1.82, 2.24) is 29.7 Å². The highest BCUT2D eigenvalue weighted by molar-refractivity contribution is 6.05. The monoisotopic (exact) mass is 442 g/mol. The smallest absolute Gasteiger partial charge is 0.290 e. The lowest BCUT2D eigenvalue weighted by Crippen LogP contribution is -2.49. The van der Waals surface area contributed by atoms with E-state index in [4.69, 9.17) is 14.6 Å². The summed E-state index contributed by atoms with van der Waals surface area (Å²) < 4.78 is 7.25. The van der Waals surface area contributed by atoms with Crippen molar-refractivity contribution in [2.75, 3.05) is 36.5 Å². The van der Waals surface area contributed by atoms with E-state index in [1.807, 2.05) is 13.8 Å². The van der Waals surface area contributed by atoms with Crippen molar-refractivity contribution >= 4 is 29.8 Å². The number of hydrogen-bond acceptors (Lipinski definition) is 9. The SMILES string of the molecule is CCOc1nc2nc(C)cn2cc1C(=O)Nc1cnc(N2CCN[C@@H](C)C2)cn1.O=CO. The maximum Gasteiger partial charge on any atom is 0.290 e. The Morgan fingerprint density at radius 3 is 2.78 bits per heavy atom. The fraction of sp³-hybridized carbons (Fsp3) is 0.400. The molecule has 0 aromatic carbocycles. The number of carbonyl (C=O) groups excluding carboxylic acids is 1. The number of hydrogen-bond donors (Lipinski definition) is 3. The Kier molecular flexibility index (Phi) is 7.49. The standard InChI is InChI=1S/C19H24N8O2.CH2O2/c1-4-29-18-14(11-27-10-13(3)23-19(27)25-18)17(28)24-15-7-22-16(8-21-15)26-6-5-20-12(2)9-26;2-1-3/h7-8,10-12,20H,4-6,9H2,1-3H3,(H,21,24,28);1H,(H,2,3)/t12-;/m0./s1. The van der Waals surface area contributed by atoms with Gasteiger partial charge in [-0.05, 0) is 20.8 Å². The fourth-order valence-electron chi connectivity index (χ4n) is 3.30. The summed E-state index contributed by atoms with van der Waals surface area (Å²) in [4.78, 5) is 40.8. The summed E-state index contributed by atoms with van der Waals surface area (Å²) in [5.41, 5.74) is 1.11. The lowest BCUT2D eigenvalue weighted by atomic mass is 10.2. The number of aromatic nitrogens is 5. The van der Waals surface area contributed by atoms with E-state index in [-0.39, 0.29) is 18.3 Å². The van der Waals surface area contributed by atoms with Crippen LogP contribution in [0.4, 0.5) is 11.6 Å². The minimum Gasteiger partial charge on any atom is -0.483 e. The molecule has 1 fully saturated rings. The molecule has 0 bridgehead atoms. The fourth-order valence-corrected chi connectivity index (χ4v) is 3.30. The predicted octanol–water partition coefficient (Wildman–Crippen LogP) is 0.978. The molecule has 4 rings (SSSR count). The van der Waals surface area contributed by atoms with Crippen LogP contribution in [0.3, 0.4) is 0 Å². The third-order valence-corrected chi connectivity index (χ3v) is 4.63. The lowest BCUT2D eigenvalue weighted by Gasteiger charge is -2.32. The van der Waals surface area contributed by atoms with E-state index in [2.05, 4.69) is 42.4 Å². The summed E-state index contributed by atoms with van der Waals surface area (Å²) in [7, 11) is 0. The van der Waals surface area contributed by atoms with Gasteiger partial charge >= 0.3 is 0 Å². The second kappa shape index (κ2) is 10.5. The molecule has 12 heteroatoms. The van der Waals surface area contributed by atoms with Crippen molar-refractivity contribution in [3.8, 4) is 5.88 Å². The molecule has 12 nitrogen and oxygen atoms in total. The molecule has 3 aromatic heterocycles. The molecule has 3 N–H and O–H groups in total. The van der Waals surface area contributed by atoms with Gasteiger partial charge in [-0.1, -0.05) is 0 Å². The molecule has 1 aliphatic heterocycles. The van der Waals surface area contributed by atoms with Crippen LogP contribution in [0.25, 0.3) is 5.78 Å². The minimum atomic E-state index is -0.368. The topological polar surface area (TPSA) is 147 Å². The van der Waals surface area contributed by atoms with E-state index in [1.54, 1.807) is 29.2 Å². The first kappa shape index (κ1) is 22.9. The number of carboxylic acid groups (broad SMARTS) is 1. The molecular formula is C20H26N8O4. The maximum atomic E-state index is 12.8. The van der Waals surface area contributed by atoms with Gasteiger partial charge in [0.05, 0.1) is 24.7 Å². The van der Waals surface area contributed by atoms with E-state index < -0.39 is 0 Å². The number of rotatable bonds is 5. The highest BCUT2D eigenvalue weighted by Crippen LogP contribution is 2.19. The summed E-state index contributed by atoms with van der Waals surface area (Å²) in [6, 6.07) is 0.399. The third kappa shape index (κ3) is 5.46. The van der Waals surface area contributed by atoms with Gasteiger partial charge in [0.25, 0.3) is 12.4 Å². The van der Waals surface area contributed by atoms with Gasteiger partial charge in [-0.25, -0.2) is 15.0 Å². The molecule has 1 saturated heterocycles. The molecule has 3 aromatic rings. The molecule has 32 heavy (non-hydrogen) atoms. The largest absolute Gasteiger partial charge is 0.483 e. The van der Waals surface area contributed by atoms with E-state index in [0.717, 1.165) is 31.1 Å². The Labute approximate surface area is 184 Å². The van der Waals surface area contributed by atoms with Gasteiger partial charge in [-0.3, -0.25) is 14.0 Å². The predicted molar refractivity (Wildman–Crippen MR) is 117 cm³/mol. The number of amides is 1. The summed E-state index contributed by atoms with van der Waals surface area (Å²) in [5, 5.41) is 13.1. The zero-order valence-electron chi connectivity index (χ0n) is 18.1. The maximum absolute atomic E-state index is 12.8. The first-order chi connectivity index (χ1) is 15.4. The van der Waals surface area contributed by atoms with Crippen LogP contribution in [0, 0.1) is 6.92 Å². The molecule has 0 aliphatic carbocycles. The molecule has 0 saturated carbocycles. The molecular weight excluding hydrogens is 416 g/mol. The van der Waals surface area contributed by atoms with E-state index in [1.165, 1.54) is 0 Å². The Morgan fingerprint density at radius 1 is 1.34 bits per heavy atom. The van der Waals surface area contributed by atoms with Crippen LogP contribution in [-0.4, -0.2) is 74.1 Å². The second-order valence-electron chi connectivity index (χ2n) is 7.10. The Bertz CT molecular complexity index is 1070. The number of ether oxygens (including phenoxy) is 1. The molecule has 1 aliphatic rings. The van der Waals surface area contributed by atoms with E-state index >= 15 is 0 Å². The van der Waals surface area contributed by atoms with Crippen molar-refractivity contribution < 1.29 is 19.4 Å². The van der Waals surface area contributed by atoms with Gasteiger partial charge in [0.15, 0.2) is 5.82 Å². The van der Waals surface area contributed by atoms with Crippen LogP contribution >= 0.6 is 0 Å². The molecule has 0 spiro atoms. The minimum absolute atomic E-state index is 0.238. The molecule has 170 valence electrons. The van der Waals surface area contributed by atoms with Gasteiger partial charge < -0.3 is 25.4 Å². The Balaban J connectivity index is 0.000000913. The average molecular weight is 442 g/mol. The highest BCUT2D eigenvalue weighted by Gasteiger charge is 2.19. The molecule has 4 heterocycles. The number of carbonyl (C=O) groups is 2. The van der Waals surface area contributed by atoms with Crippen molar-refractivity contribution in [3.63, 3.8) is 0 Å². The van der Waals surface area contributed by atoms with Gasteiger partial charge in [0.2, 0.25) is 11.7 Å². The van der Waals surface area contributed by atoms with Crippen molar-refractivity contribution in [2.45, 2.75) is 26.8 Å². The third-order valence-electron chi connectivity index (χ3n) is 4.63. The quantitative estimate of drug-likeness (QED) is 0.488. The number of piperazine rings is 1. The molecule has 1 amide bonds. The number of aryl methyl sites for hydroxylation is 1. The first-order valence-corrected chi connectivity index (χ1v) is 10.1. The van der Waals surface area contributed by atoms with Crippen LogP contribution in [-0.2, 0) is 4.79 Å². The number of nitrogens with one attached hydrogen (secondary N) is 2. The van der Waals surface area contributed by atoms with Gasteiger partial charge in [0, 0.05) is 38.1 Å². The number of nitrogens with zero attached hydrogens (tertiary/aromatic N) is 6. The normalized spacial score (nSPS) is 15.6. The lowest BCUT2D eigenvalue weighted by molar-refractivity contribution is -0.122.